The maximum Gasteiger partial charge on any atom is 0.286 e. The SMILES string of the molecule is Cc1ccc(S(=O)(=O)n2c3c4c5c6c7c8c9c%10c%11c%12c%13c%10c%10c8c8c%14c%10c%10c%13c%13c%15c%12c%12c%16c%11c%11c9c7c7c9c%11c%16c%11c%16c%12c%15c%12c%15c%13c%10c%10c%14c(c4c86)c4c%10c%15c6c%12c%16c8c%11c9c(c75)c3c8c6c42)nc1. The predicted molar refractivity (Wildman–Crippen MR) is 299 cm³/mol. The van der Waals surface area contributed by atoms with E-state index in [0.29, 0.717) is 0 Å². The highest BCUT2D eigenvalue weighted by Gasteiger charge is 2.51. The molecule has 0 saturated carbocycles. The zero-order valence-corrected chi connectivity index (χ0v) is 36.7. The van der Waals surface area contributed by atoms with E-state index in [1.165, 1.54) is 215 Å². The van der Waals surface area contributed by atoms with Gasteiger partial charge in [-0.15, -0.1) is 0 Å². The van der Waals surface area contributed by atoms with Gasteiger partial charge >= 0.3 is 0 Å². The van der Waals surface area contributed by atoms with Crippen molar-refractivity contribution in [2.24, 2.45) is 0 Å². The molecular weight excluding hydrogens is 885 g/mol. The van der Waals surface area contributed by atoms with Crippen LogP contribution >= 0.6 is 0 Å². The van der Waals surface area contributed by atoms with E-state index in [0.717, 1.165) is 16.6 Å². The second-order valence-corrected chi connectivity index (χ2v) is 26.6. The lowest BCUT2D eigenvalue weighted by Crippen LogP contribution is -2.17. The summed E-state index contributed by atoms with van der Waals surface area (Å²) in [5, 5.41) is 84.9. The van der Waals surface area contributed by atoms with Crippen LogP contribution < -0.4 is 0 Å². The summed E-state index contributed by atoms with van der Waals surface area (Å²) >= 11 is 0. The van der Waals surface area contributed by atoms with Gasteiger partial charge in [-0.3, -0.25) is 0 Å². The number of fused-ring (bicyclic) bond motifs is 5. The van der Waals surface area contributed by atoms with E-state index >= 15 is 8.42 Å². The van der Waals surface area contributed by atoms with E-state index < -0.39 is 10.0 Å². The van der Waals surface area contributed by atoms with E-state index in [9.17, 15) is 0 Å². The molecule has 0 atom stereocenters. The highest BCUT2D eigenvalue weighted by Crippen LogP contribution is 2.80. The molecule has 0 aliphatic heterocycles. The van der Waals surface area contributed by atoms with Gasteiger partial charge in [-0.05, 0) is 18.6 Å². The van der Waals surface area contributed by atoms with E-state index in [1.807, 2.05) is 17.0 Å². The lowest BCUT2D eigenvalue weighted by atomic mass is 9.84. The van der Waals surface area contributed by atoms with Crippen LogP contribution in [0.2, 0.25) is 0 Å². The smallest absolute Gasteiger partial charge is 0.243 e. The van der Waals surface area contributed by atoms with Gasteiger partial charge in [0.15, 0.2) is 5.03 Å². The molecule has 0 amide bonds. The maximum atomic E-state index is 16.8. The van der Waals surface area contributed by atoms with Gasteiger partial charge in [-0.1, -0.05) is 6.07 Å². The van der Waals surface area contributed by atoms with Gasteiger partial charge in [-0.2, -0.15) is 8.42 Å². The minimum absolute atomic E-state index is 0.128. The van der Waals surface area contributed by atoms with Crippen molar-refractivity contribution in [3.63, 3.8) is 0 Å². The second-order valence-electron chi connectivity index (χ2n) is 24.9. The monoisotopic (exact) mass is 890 g/mol. The number of nitrogens with zero attached hydrogens (tertiary/aromatic N) is 2. The van der Waals surface area contributed by atoms with E-state index in [1.54, 1.807) is 109 Å². The first-order chi connectivity index (χ1) is 35.1. The third-order valence-electron chi connectivity index (χ3n) is 24.0. The fourth-order valence-corrected chi connectivity index (χ4v) is 24.9. The van der Waals surface area contributed by atoms with Crippen molar-refractivity contribution in [3.05, 3.63) is 23.9 Å². The summed E-state index contributed by atoms with van der Waals surface area (Å²) in [4.78, 5) is 4.87. The Morgan fingerprint density at radius 3 is 0.563 bits per heavy atom. The Bertz CT molecular complexity index is 7420. The summed E-state index contributed by atoms with van der Waals surface area (Å²) in [6.07, 6.45) is 1.76. The fraction of sp³-hybridized carbons (Fsp3) is 0.0152. The van der Waals surface area contributed by atoms with Crippen molar-refractivity contribution in [3.8, 4) is 0 Å². The lowest BCUT2D eigenvalue weighted by molar-refractivity contribution is 0.586. The molecule has 2 aromatic heterocycles. The van der Waals surface area contributed by atoms with Crippen LogP contribution in [0.4, 0.5) is 0 Å². The number of hydrogen-bond donors (Lipinski definition) is 0. The van der Waals surface area contributed by atoms with Gasteiger partial charge in [0, 0.05) is 319 Å². The number of hydrogen-bond acceptors (Lipinski definition) is 3. The Hall–Kier alpha value is -8.90. The third kappa shape index (κ3) is 1.50. The number of aromatic nitrogens is 2. The van der Waals surface area contributed by atoms with Crippen LogP contribution in [0.1, 0.15) is 5.56 Å². The third-order valence-corrected chi connectivity index (χ3v) is 25.6. The summed E-state index contributed by atoms with van der Waals surface area (Å²) in [6.45, 7) is 2.01. The molecule has 4 nitrogen and oxygen atoms in total. The van der Waals surface area contributed by atoms with E-state index in [4.69, 9.17) is 4.98 Å². The van der Waals surface area contributed by atoms with Gasteiger partial charge in [0.05, 0.1) is 11.0 Å². The van der Waals surface area contributed by atoms with Crippen LogP contribution in [0.15, 0.2) is 23.4 Å². The van der Waals surface area contributed by atoms with Crippen LogP contribution in [-0.4, -0.2) is 17.4 Å². The average molecular weight is 891 g/mol. The zero-order valence-electron chi connectivity index (χ0n) is 35.9. The number of benzene rings is 19. The highest BCUT2D eigenvalue weighted by atomic mass is 32.2. The van der Waals surface area contributed by atoms with Gasteiger partial charge < -0.3 is 0 Å². The van der Waals surface area contributed by atoms with Crippen molar-refractivity contribution < 1.29 is 8.42 Å². The van der Waals surface area contributed by atoms with Crippen LogP contribution in [0.5, 0.6) is 0 Å². The first-order valence-electron chi connectivity index (χ1n) is 25.6. The van der Waals surface area contributed by atoms with Crippen LogP contribution in [0.25, 0.3) is 323 Å². The maximum absolute atomic E-state index is 16.8. The zero-order chi connectivity index (χ0) is 42.7. The molecule has 0 N–H and O–H groups in total. The molecule has 0 unspecified atom stereocenters. The molecule has 5 heteroatoms. The van der Waals surface area contributed by atoms with Gasteiger partial charge in [0.1, 0.15) is 0 Å². The van der Waals surface area contributed by atoms with Crippen molar-refractivity contribution in [1.82, 2.24) is 8.96 Å². The van der Waals surface area contributed by atoms with Crippen LogP contribution in [-0.2, 0) is 10.0 Å². The molecule has 0 fully saturated rings. The molecule has 0 aliphatic rings. The standard InChI is InChI=1S/C66H6N2O2S/c1-5-2-3-6(67-4-5)71(69,70)68-65-61-54-47-35-27-18-9-7-8-10-13(9)22-29(27)37-38-30(22)28-19(10)21-17-12(8)15-14-11(7)16-20(18)33(35)41-39-25(16)23(14)31-32-24(15)26(17)40-42-34(21)36(28)48-50(38)59(58(61)49(37)47)62-55(48)53(42)57-46(40)44(32)51-43(31)45(39)56(52(41)54)63(65)60(51)64(57)66(62)68/h2-4H,1H3. The van der Waals surface area contributed by atoms with E-state index in [-0.39, 0.29) is 5.03 Å². The minimum Gasteiger partial charge on any atom is -0.243 e. The van der Waals surface area contributed by atoms with Gasteiger partial charge in [-0.25, -0.2) is 8.96 Å². The average Bonchev–Trinajstić information content (AvgIpc) is 4.39. The summed E-state index contributed by atoms with van der Waals surface area (Å²) in [5.74, 6) is 0. The molecular formula is C66H6N2O2S. The van der Waals surface area contributed by atoms with Gasteiger partial charge in [0.2, 0.25) is 0 Å². The number of aryl methyl sites for hydroxylation is 1. The first-order valence-corrected chi connectivity index (χ1v) is 27.0. The van der Waals surface area contributed by atoms with Crippen molar-refractivity contribution >= 4 is 333 Å². The topological polar surface area (TPSA) is 52.0 Å². The van der Waals surface area contributed by atoms with E-state index in [2.05, 4.69) is 0 Å². The minimum atomic E-state index is -4.30. The largest absolute Gasteiger partial charge is 0.286 e. The Labute approximate surface area is 384 Å². The summed E-state index contributed by atoms with van der Waals surface area (Å²) < 4.78 is 35.5. The Morgan fingerprint density at radius 2 is 0.408 bits per heavy atom. The summed E-state index contributed by atoms with van der Waals surface area (Å²) in [6, 6.07) is 3.73. The first kappa shape index (κ1) is 26.7. The molecule has 2 heterocycles. The lowest BCUT2D eigenvalue weighted by Gasteiger charge is -2.24. The van der Waals surface area contributed by atoms with Crippen molar-refractivity contribution in [2.45, 2.75) is 11.9 Å². The summed E-state index contributed by atoms with van der Waals surface area (Å²) in [7, 11) is -4.30. The molecule has 71 heavy (non-hydrogen) atoms. The molecule has 0 saturated heterocycles. The number of rotatable bonds is 2. The molecule has 32 aromatic rings. The predicted octanol–water partition coefficient (Wildman–Crippen LogP) is 18.0. The second kappa shape index (κ2) is 6.11. The van der Waals surface area contributed by atoms with Crippen LogP contribution in [0, 0.1) is 6.92 Å². The molecule has 0 spiro atoms. The Balaban J connectivity index is 1.21. The molecule has 298 valence electrons. The molecule has 0 bridgehead atoms. The number of pyridine rings is 2. The van der Waals surface area contributed by atoms with Crippen LogP contribution in [0.3, 0.4) is 0 Å². The fourth-order valence-electron chi connectivity index (χ4n) is 23.4. The Morgan fingerprint density at radius 1 is 0.254 bits per heavy atom. The Kier molecular flexibility index (Phi) is 2.30. The molecule has 0 radical (unpaired) electrons. The van der Waals surface area contributed by atoms with Gasteiger partial charge in [0.25, 0.3) is 10.0 Å². The molecule has 30 aromatic carbocycles. The molecule has 32 rings (SSSR count). The highest BCUT2D eigenvalue weighted by molar-refractivity contribution is 7.90. The summed E-state index contributed by atoms with van der Waals surface area (Å²) in [5.41, 5.74) is 2.78. The van der Waals surface area contributed by atoms with Crippen molar-refractivity contribution in [1.29, 1.82) is 0 Å². The quantitative estimate of drug-likeness (QED) is 0.128. The normalized spacial score (nSPS) is 17.2. The van der Waals surface area contributed by atoms with Crippen molar-refractivity contribution in [2.75, 3.05) is 0 Å². The molecule has 0 aliphatic carbocycles.